The maximum atomic E-state index is 12.8. The largest absolute Gasteiger partial charge is 0.449 e. The number of para-hydroxylation sites is 1. The SMILES string of the molecule is CC(=O)N1CC2(CCN(C3CC4CCC(C3)N4C(=O)OCC(C)(C)C)CC2)c2ccccc21. The molecule has 0 aliphatic carbocycles. The number of hydrogen-bond donors (Lipinski definition) is 0. The van der Waals surface area contributed by atoms with Gasteiger partial charge in [0.2, 0.25) is 5.91 Å². The molecule has 0 radical (unpaired) electrons. The third kappa shape index (κ3) is 4.16. The Balaban J connectivity index is 1.22. The van der Waals surface area contributed by atoms with E-state index in [-0.39, 0.29) is 22.8 Å². The van der Waals surface area contributed by atoms with E-state index in [0.717, 1.165) is 63.8 Å². The van der Waals surface area contributed by atoms with Gasteiger partial charge in [-0.2, -0.15) is 0 Å². The summed E-state index contributed by atoms with van der Waals surface area (Å²) in [5, 5.41) is 0. The Morgan fingerprint density at radius 3 is 2.27 bits per heavy atom. The molecule has 6 nitrogen and oxygen atoms in total. The molecule has 2 bridgehead atoms. The summed E-state index contributed by atoms with van der Waals surface area (Å²) in [6.07, 6.45) is 6.40. The summed E-state index contributed by atoms with van der Waals surface area (Å²) in [7, 11) is 0. The zero-order valence-electron chi connectivity index (χ0n) is 20.7. The van der Waals surface area contributed by atoms with E-state index in [0.29, 0.717) is 24.7 Å². The van der Waals surface area contributed by atoms with Gasteiger partial charge in [0.1, 0.15) is 0 Å². The first-order valence-electron chi connectivity index (χ1n) is 12.7. The standard InChI is InChI=1S/C27H39N3O3/c1-19(31)29-17-27(23-7-5-6-8-24(23)29)11-13-28(14-12-27)22-15-20-9-10-21(16-22)30(20)25(32)33-18-26(2,3)4/h5-8,20-22H,9-18H2,1-4H3. The third-order valence-electron chi connectivity index (χ3n) is 8.43. The first-order chi connectivity index (χ1) is 15.7. The number of likely N-dealkylation sites (tertiary alicyclic amines) is 1. The summed E-state index contributed by atoms with van der Waals surface area (Å²) in [6, 6.07) is 9.67. The lowest BCUT2D eigenvalue weighted by atomic mass is 9.73. The molecule has 4 aliphatic rings. The Labute approximate surface area is 198 Å². The van der Waals surface area contributed by atoms with Crippen molar-refractivity contribution in [3.63, 3.8) is 0 Å². The van der Waals surface area contributed by atoms with Gasteiger partial charge < -0.3 is 19.4 Å². The molecule has 180 valence electrons. The number of carbonyl (C=O) groups is 2. The number of piperidine rings is 2. The van der Waals surface area contributed by atoms with Crippen LogP contribution in [0, 0.1) is 5.41 Å². The molecular weight excluding hydrogens is 414 g/mol. The summed E-state index contributed by atoms with van der Waals surface area (Å²) in [5.74, 6) is 0.143. The van der Waals surface area contributed by atoms with Crippen LogP contribution in [-0.4, -0.2) is 66.2 Å². The lowest BCUT2D eigenvalue weighted by Crippen LogP contribution is -2.55. The van der Waals surface area contributed by atoms with Crippen molar-refractivity contribution in [3.8, 4) is 0 Å². The van der Waals surface area contributed by atoms with Crippen molar-refractivity contribution >= 4 is 17.7 Å². The lowest BCUT2D eigenvalue weighted by molar-refractivity contribution is -0.116. The van der Waals surface area contributed by atoms with Gasteiger partial charge in [0, 0.05) is 42.7 Å². The second-order valence-electron chi connectivity index (χ2n) is 12.0. The van der Waals surface area contributed by atoms with Gasteiger partial charge >= 0.3 is 6.09 Å². The minimum atomic E-state index is -0.111. The fourth-order valence-electron chi connectivity index (χ4n) is 6.75. The average molecular weight is 454 g/mol. The van der Waals surface area contributed by atoms with Crippen LogP contribution in [0.25, 0.3) is 0 Å². The van der Waals surface area contributed by atoms with Crippen molar-refractivity contribution in [1.29, 1.82) is 0 Å². The number of fused-ring (bicyclic) bond motifs is 4. The molecule has 1 spiro atoms. The number of carbonyl (C=O) groups excluding carboxylic acids is 2. The van der Waals surface area contributed by atoms with Gasteiger partial charge in [-0.3, -0.25) is 4.79 Å². The van der Waals surface area contributed by atoms with Crippen molar-refractivity contribution in [3.05, 3.63) is 29.8 Å². The number of hydrogen-bond acceptors (Lipinski definition) is 4. The van der Waals surface area contributed by atoms with Gasteiger partial charge in [-0.15, -0.1) is 0 Å². The van der Waals surface area contributed by atoms with Crippen LogP contribution >= 0.6 is 0 Å². The molecule has 2 atom stereocenters. The Bertz CT molecular complexity index is 901. The molecule has 2 unspecified atom stereocenters. The van der Waals surface area contributed by atoms with Crippen LogP contribution in [0.15, 0.2) is 24.3 Å². The maximum Gasteiger partial charge on any atom is 0.410 e. The molecule has 33 heavy (non-hydrogen) atoms. The van der Waals surface area contributed by atoms with E-state index in [1.54, 1.807) is 6.92 Å². The van der Waals surface area contributed by atoms with Crippen LogP contribution in [-0.2, 0) is 14.9 Å². The van der Waals surface area contributed by atoms with Gasteiger partial charge in [0.25, 0.3) is 0 Å². The molecule has 0 aromatic heterocycles. The third-order valence-corrected chi connectivity index (χ3v) is 8.43. The van der Waals surface area contributed by atoms with E-state index in [9.17, 15) is 9.59 Å². The zero-order valence-corrected chi connectivity index (χ0v) is 20.7. The number of anilines is 1. The summed E-state index contributed by atoms with van der Waals surface area (Å²) < 4.78 is 5.67. The molecule has 6 heteroatoms. The van der Waals surface area contributed by atoms with E-state index in [4.69, 9.17) is 4.74 Å². The Hall–Kier alpha value is -2.08. The van der Waals surface area contributed by atoms with E-state index in [1.165, 1.54) is 5.56 Å². The normalized spacial score (nSPS) is 28.8. The quantitative estimate of drug-likeness (QED) is 0.659. The van der Waals surface area contributed by atoms with Crippen molar-refractivity contribution < 1.29 is 14.3 Å². The van der Waals surface area contributed by atoms with E-state index in [2.05, 4.69) is 48.8 Å². The summed E-state index contributed by atoms with van der Waals surface area (Å²) in [5.41, 5.74) is 2.55. The minimum Gasteiger partial charge on any atom is -0.449 e. The summed E-state index contributed by atoms with van der Waals surface area (Å²) >= 11 is 0. The highest BCUT2D eigenvalue weighted by atomic mass is 16.6. The maximum absolute atomic E-state index is 12.8. The second kappa shape index (κ2) is 8.30. The van der Waals surface area contributed by atoms with E-state index >= 15 is 0 Å². The molecule has 3 fully saturated rings. The van der Waals surface area contributed by atoms with Crippen molar-refractivity contribution in [2.24, 2.45) is 5.41 Å². The Kier molecular flexibility index (Phi) is 5.71. The number of benzene rings is 1. The predicted octanol–water partition coefficient (Wildman–Crippen LogP) is 4.56. The monoisotopic (exact) mass is 453 g/mol. The molecule has 4 heterocycles. The molecular formula is C27H39N3O3. The van der Waals surface area contributed by atoms with Crippen molar-refractivity contribution in [2.75, 3.05) is 31.1 Å². The molecule has 3 saturated heterocycles. The van der Waals surface area contributed by atoms with Gasteiger partial charge in [0.05, 0.1) is 6.61 Å². The molecule has 1 aromatic rings. The Morgan fingerprint density at radius 1 is 1.03 bits per heavy atom. The highest BCUT2D eigenvalue weighted by molar-refractivity contribution is 5.94. The first-order valence-corrected chi connectivity index (χ1v) is 12.7. The highest BCUT2D eigenvalue weighted by Crippen LogP contribution is 2.48. The van der Waals surface area contributed by atoms with Crippen LogP contribution in [0.4, 0.5) is 10.5 Å². The van der Waals surface area contributed by atoms with Crippen LogP contribution in [0.5, 0.6) is 0 Å². The fraction of sp³-hybridized carbons (Fsp3) is 0.704. The summed E-state index contributed by atoms with van der Waals surface area (Å²) in [6.45, 7) is 11.4. The van der Waals surface area contributed by atoms with Crippen molar-refractivity contribution in [2.45, 2.75) is 89.8 Å². The van der Waals surface area contributed by atoms with E-state index < -0.39 is 0 Å². The average Bonchev–Trinajstić information content (AvgIpc) is 3.24. The number of rotatable bonds is 2. The second-order valence-corrected chi connectivity index (χ2v) is 12.0. The molecule has 2 amide bonds. The molecule has 4 aliphatic heterocycles. The molecule has 0 saturated carbocycles. The van der Waals surface area contributed by atoms with Crippen LogP contribution in [0.2, 0.25) is 0 Å². The molecule has 1 aromatic carbocycles. The predicted molar refractivity (Wildman–Crippen MR) is 129 cm³/mol. The topological polar surface area (TPSA) is 53.1 Å². The fourth-order valence-corrected chi connectivity index (χ4v) is 6.75. The highest BCUT2D eigenvalue weighted by Gasteiger charge is 2.49. The van der Waals surface area contributed by atoms with Crippen LogP contribution in [0.1, 0.15) is 71.8 Å². The summed E-state index contributed by atoms with van der Waals surface area (Å²) in [4.78, 5) is 31.8. The number of ether oxygens (including phenoxy) is 1. The minimum absolute atomic E-state index is 0.00634. The lowest BCUT2D eigenvalue weighted by Gasteiger charge is -2.47. The van der Waals surface area contributed by atoms with Crippen LogP contribution in [0.3, 0.4) is 0 Å². The smallest absolute Gasteiger partial charge is 0.410 e. The van der Waals surface area contributed by atoms with Crippen molar-refractivity contribution in [1.82, 2.24) is 9.80 Å². The van der Waals surface area contributed by atoms with Gasteiger partial charge in [-0.25, -0.2) is 4.79 Å². The van der Waals surface area contributed by atoms with E-state index in [1.807, 2.05) is 11.0 Å². The Morgan fingerprint density at radius 2 is 1.67 bits per heavy atom. The van der Waals surface area contributed by atoms with Gasteiger partial charge in [-0.05, 0) is 68.7 Å². The zero-order chi connectivity index (χ0) is 23.4. The van der Waals surface area contributed by atoms with Gasteiger partial charge in [0.15, 0.2) is 0 Å². The first kappa shape index (κ1) is 22.7. The van der Waals surface area contributed by atoms with Gasteiger partial charge in [-0.1, -0.05) is 39.0 Å². The molecule has 0 N–H and O–H groups in total. The van der Waals surface area contributed by atoms with Crippen LogP contribution < -0.4 is 4.90 Å². The molecule has 5 rings (SSSR count). The number of nitrogens with zero attached hydrogens (tertiary/aromatic N) is 3. The number of amides is 2.